The van der Waals surface area contributed by atoms with Gasteiger partial charge in [-0.3, -0.25) is 9.59 Å². The molecular formula is C18H15BrN2O2. The maximum atomic E-state index is 12.7. The van der Waals surface area contributed by atoms with E-state index >= 15 is 0 Å². The van der Waals surface area contributed by atoms with E-state index in [0.717, 1.165) is 15.0 Å². The number of hydrogen-bond donors (Lipinski definition) is 0. The van der Waals surface area contributed by atoms with E-state index in [-0.39, 0.29) is 35.5 Å². The Balaban J connectivity index is 1.44. The molecule has 0 aromatic heterocycles. The molecule has 6 atom stereocenters. The zero-order valence-corrected chi connectivity index (χ0v) is 13.9. The quantitative estimate of drug-likeness (QED) is 0.456. The highest BCUT2D eigenvalue weighted by Crippen LogP contribution is 2.65. The number of hydrogen-bond acceptors (Lipinski definition) is 3. The molecule has 1 aromatic carbocycles. The number of nitrogens with zero attached hydrogens (tertiary/aromatic N) is 2. The molecule has 2 bridgehead atoms. The Morgan fingerprint density at radius 1 is 1.00 bits per heavy atom. The van der Waals surface area contributed by atoms with Gasteiger partial charge in [0, 0.05) is 4.47 Å². The fraction of sp³-hybridized carbons (Fsp3) is 0.389. The fourth-order valence-electron chi connectivity index (χ4n) is 4.73. The van der Waals surface area contributed by atoms with Gasteiger partial charge in [-0.15, -0.1) is 0 Å². The lowest BCUT2D eigenvalue weighted by Gasteiger charge is -2.37. The van der Waals surface area contributed by atoms with Crippen molar-refractivity contribution >= 4 is 34.0 Å². The molecule has 2 saturated carbocycles. The van der Waals surface area contributed by atoms with Crippen molar-refractivity contribution in [3.8, 4) is 0 Å². The first kappa shape index (κ1) is 13.7. The number of hydrazone groups is 1. The van der Waals surface area contributed by atoms with Gasteiger partial charge in [0.15, 0.2) is 0 Å². The number of imide groups is 1. The number of benzene rings is 1. The topological polar surface area (TPSA) is 49.7 Å². The highest BCUT2D eigenvalue weighted by molar-refractivity contribution is 9.10. The summed E-state index contributed by atoms with van der Waals surface area (Å²) in [5.74, 6) is 1.17. The van der Waals surface area contributed by atoms with E-state index in [1.807, 2.05) is 24.3 Å². The van der Waals surface area contributed by atoms with Gasteiger partial charge in [0.1, 0.15) is 0 Å². The number of amides is 2. The standard InChI is InChI=1S/C18H15BrN2O2/c19-10-3-1-9(2-4-10)8-20-21-17(22)15-11-5-6-12(14-7-13(11)14)16(15)18(21)23/h1-6,8,11-16H,7H2/b20-8+. The molecule has 3 fully saturated rings. The summed E-state index contributed by atoms with van der Waals surface area (Å²) in [4.78, 5) is 25.5. The second kappa shape index (κ2) is 4.63. The van der Waals surface area contributed by atoms with Gasteiger partial charge < -0.3 is 0 Å². The highest BCUT2D eigenvalue weighted by atomic mass is 79.9. The van der Waals surface area contributed by atoms with Crippen LogP contribution >= 0.6 is 15.9 Å². The maximum Gasteiger partial charge on any atom is 0.254 e. The van der Waals surface area contributed by atoms with Crippen LogP contribution in [0.25, 0.3) is 0 Å². The molecular weight excluding hydrogens is 356 g/mol. The number of allylic oxidation sites excluding steroid dienone is 2. The molecule has 5 aliphatic rings. The SMILES string of the molecule is O=C1C2C3C=CC(C4CC34)C2C(=O)N1/N=C/c1ccc(Br)cc1. The first-order chi connectivity index (χ1) is 11.1. The van der Waals surface area contributed by atoms with Crippen LogP contribution < -0.4 is 0 Å². The van der Waals surface area contributed by atoms with Crippen molar-refractivity contribution in [3.05, 3.63) is 46.5 Å². The van der Waals surface area contributed by atoms with E-state index in [0.29, 0.717) is 11.8 Å². The van der Waals surface area contributed by atoms with Crippen LogP contribution in [0.4, 0.5) is 0 Å². The highest BCUT2D eigenvalue weighted by Gasteiger charge is 2.67. The van der Waals surface area contributed by atoms with Crippen LogP contribution in [0, 0.1) is 35.5 Å². The minimum absolute atomic E-state index is 0.113. The third-order valence-electron chi connectivity index (χ3n) is 5.83. The molecule has 0 radical (unpaired) electrons. The van der Waals surface area contributed by atoms with E-state index in [1.54, 1.807) is 6.21 Å². The molecule has 2 amide bonds. The van der Waals surface area contributed by atoms with Gasteiger partial charge in [0.2, 0.25) is 0 Å². The third-order valence-corrected chi connectivity index (χ3v) is 6.36. The van der Waals surface area contributed by atoms with Crippen LogP contribution in [0.5, 0.6) is 0 Å². The van der Waals surface area contributed by atoms with Crippen LogP contribution in [0.15, 0.2) is 46.0 Å². The predicted molar refractivity (Wildman–Crippen MR) is 88.3 cm³/mol. The fourth-order valence-corrected chi connectivity index (χ4v) is 4.99. The van der Waals surface area contributed by atoms with Crippen LogP contribution in [0.1, 0.15) is 12.0 Å². The molecule has 5 heteroatoms. The second-order valence-corrected chi connectivity index (χ2v) is 7.85. The summed E-state index contributed by atoms with van der Waals surface area (Å²) in [6.45, 7) is 0. The summed E-state index contributed by atoms with van der Waals surface area (Å²) in [5, 5.41) is 5.33. The molecule has 1 saturated heterocycles. The zero-order valence-electron chi connectivity index (χ0n) is 12.3. The summed E-state index contributed by atoms with van der Waals surface area (Å²) in [7, 11) is 0. The lowest BCUT2D eigenvalue weighted by Crippen LogP contribution is -2.40. The van der Waals surface area contributed by atoms with Crippen LogP contribution in [0.3, 0.4) is 0 Å². The minimum atomic E-state index is -0.177. The molecule has 116 valence electrons. The predicted octanol–water partition coefficient (Wildman–Crippen LogP) is 2.84. The van der Waals surface area contributed by atoms with Gasteiger partial charge in [-0.05, 0) is 47.8 Å². The van der Waals surface area contributed by atoms with Crippen molar-refractivity contribution in [2.75, 3.05) is 0 Å². The molecule has 0 spiro atoms. The Labute approximate surface area is 142 Å². The van der Waals surface area contributed by atoms with Gasteiger partial charge in [0.25, 0.3) is 11.8 Å². The van der Waals surface area contributed by atoms with Gasteiger partial charge in [-0.25, -0.2) is 0 Å². The van der Waals surface area contributed by atoms with E-state index < -0.39 is 0 Å². The molecule has 1 aliphatic heterocycles. The van der Waals surface area contributed by atoms with E-state index in [4.69, 9.17) is 0 Å². The summed E-state index contributed by atoms with van der Waals surface area (Å²) >= 11 is 3.38. The van der Waals surface area contributed by atoms with Gasteiger partial charge >= 0.3 is 0 Å². The molecule has 23 heavy (non-hydrogen) atoms. The Kier molecular flexibility index (Phi) is 2.75. The van der Waals surface area contributed by atoms with Crippen LogP contribution in [0.2, 0.25) is 0 Å². The number of halogens is 1. The van der Waals surface area contributed by atoms with Gasteiger partial charge in [-0.1, -0.05) is 40.2 Å². The monoisotopic (exact) mass is 370 g/mol. The van der Waals surface area contributed by atoms with Crippen molar-refractivity contribution < 1.29 is 9.59 Å². The van der Waals surface area contributed by atoms with E-state index in [1.165, 1.54) is 6.42 Å². The Hall–Kier alpha value is -1.75. The second-order valence-electron chi connectivity index (χ2n) is 6.94. The average Bonchev–Trinajstić information content (AvgIpc) is 3.33. The largest absolute Gasteiger partial charge is 0.272 e. The third kappa shape index (κ3) is 1.86. The van der Waals surface area contributed by atoms with Crippen LogP contribution in [-0.4, -0.2) is 23.0 Å². The van der Waals surface area contributed by atoms with Gasteiger partial charge in [-0.2, -0.15) is 10.1 Å². The van der Waals surface area contributed by atoms with Crippen molar-refractivity contribution in [1.82, 2.24) is 5.01 Å². The molecule has 1 aromatic rings. The maximum absolute atomic E-state index is 12.7. The molecule has 4 nitrogen and oxygen atoms in total. The number of rotatable bonds is 2. The lowest BCUT2D eigenvalue weighted by atomic mass is 9.63. The molecule has 4 aliphatic carbocycles. The normalized spacial score (nSPS) is 40.0. The van der Waals surface area contributed by atoms with E-state index in [2.05, 4.69) is 33.2 Å². The van der Waals surface area contributed by atoms with Crippen molar-refractivity contribution in [2.45, 2.75) is 6.42 Å². The van der Waals surface area contributed by atoms with Gasteiger partial charge in [0.05, 0.1) is 18.1 Å². The molecule has 6 unspecified atom stereocenters. The lowest BCUT2D eigenvalue weighted by molar-refractivity contribution is -0.140. The summed E-state index contributed by atoms with van der Waals surface area (Å²) in [6, 6.07) is 7.61. The summed E-state index contributed by atoms with van der Waals surface area (Å²) in [5.41, 5.74) is 0.868. The summed E-state index contributed by atoms with van der Waals surface area (Å²) < 4.78 is 0.982. The zero-order chi connectivity index (χ0) is 15.7. The summed E-state index contributed by atoms with van der Waals surface area (Å²) in [6.07, 6.45) is 7.12. The molecule has 1 heterocycles. The first-order valence-corrected chi connectivity index (χ1v) is 8.80. The number of carbonyl (C=O) groups is 2. The van der Waals surface area contributed by atoms with Crippen LogP contribution in [-0.2, 0) is 9.59 Å². The van der Waals surface area contributed by atoms with Crippen molar-refractivity contribution in [3.63, 3.8) is 0 Å². The Morgan fingerprint density at radius 3 is 2.13 bits per heavy atom. The minimum Gasteiger partial charge on any atom is -0.272 e. The smallest absolute Gasteiger partial charge is 0.254 e. The molecule has 0 N–H and O–H groups in total. The first-order valence-electron chi connectivity index (χ1n) is 8.01. The average molecular weight is 371 g/mol. The Bertz CT molecular complexity index is 734. The van der Waals surface area contributed by atoms with Crippen molar-refractivity contribution in [2.24, 2.45) is 40.6 Å². The number of carbonyl (C=O) groups excluding carboxylic acids is 2. The van der Waals surface area contributed by atoms with Crippen molar-refractivity contribution in [1.29, 1.82) is 0 Å². The van der Waals surface area contributed by atoms with E-state index in [9.17, 15) is 9.59 Å². The Morgan fingerprint density at radius 2 is 1.57 bits per heavy atom. The molecule has 6 rings (SSSR count).